The number of hydrogen-bond acceptors (Lipinski definition) is 3. The average Bonchev–Trinajstić information content (AvgIpc) is 2.54. The monoisotopic (exact) mass is 290 g/mol. The van der Waals surface area contributed by atoms with Gasteiger partial charge in [0.1, 0.15) is 0 Å². The Morgan fingerprint density at radius 1 is 1.19 bits per heavy atom. The van der Waals surface area contributed by atoms with Gasteiger partial charge in [0.25, 0.3) is 0 Å². The zero-order valence-electron chi connectivity index (χ0n) is 12.9. The lowest BCUT2D eigenvalue weighted by molar-refractivity contribution is -0.131. The van der Waals surface area contributed by atoms with E-state index < -0.39 is 0 Å². The second kappa shape index (κ2) is 8.80. The molecule has 4 heteroatoms. The van der Waals surface area contributed by atoms with Crippen LogP contribution in [0.3, 0.4) is 0 Å². The third-order valence-corrected chi connectivity index (χ3v) is 3.96. The number of ether oxygens (including phenoxy) is 1. The number of amides is 1. The molecule has 0 aliphatic carbocycles. The molecule has 0 saturated carbocycles. The van der Waals surface area contributed by atoms with Gasteiger partial charge in [-0.1, -0.05) is 24.3 Å². The van der Waals surface area contributed by atoms with Gasteiger partial charge in [0.05, 0.1) is 6.61 Å². The number of nitrogens with zero attached hydrogens (tertiary/aromatic N) is 1. The maximum absolute atomic E-state index is 12.0. The van der Waals surface area contributed by atoms with E-state index in [2.05, 4.69) is 17.4 Å². The number of nitrogens with one attached hydrogen (secondary N) is 1. The molecule has 0 atom stereocenters. The molecule has 4 nitrogen and oxygen atoms in total. The number of piperidine rings is 1. The fraction of sp³-hybridized carbons (Fsp3) is 0.588. The van der Waals surface area contributed by atoms with Crippen LogP contribution in [0.5, 0.6) is 0 Å². The molecule has 0 bridgehead atoms. The fourth-order valence-electron chi connectivity index (χ4n) is 2.75. The van der Waals surface area contributed by atoms with E-state index in [0.717, 1.165) is 39.0 Å². The molecule has 1 aliphatic rings. The molecule has 116 valence electrons. The summed E-state index contributed by atoms with van der Waals surface area (Å²) < 4.78 is 5.20. The first kappa shape index (κ1) is 16.0. The highest BCUT2D eigenvalue weighted by Crippen LogP contribution is 2.11. The van der Waals surface area contributed by atoms with Crippen molar-refractivity contribution in [1.29, 1.82) is 0 Å². The minimum Gasteiger partial charge on any atom is -0.380 e. The maximum Gasteiger partial charge on any atom is 0.223 e. The molecule has 0 unspecified atom stereocenters. The summed E-state index contributed by atoms with van der Waals surface area (Å²) in [5, 5.41) is 3.37. The van der Waals surface area contributed by atoms with Gasteiger partial charge in [0, 0.05) is 39.7 Å². The number of rotatable bonds is 7. The predicted molar refractivity (Wildman–Crippen MR) is 83.9 cm³/mol. The maximum atomic E-state index is 12.0. The van der Waals surface area contributed by atoms with Gasteiger partial charge in [-0.3, -0.25) is 4.79 Å². The highest BCUT2D eigenvalue weighted by Gasteiger charge is 2.15. The highest BCUT2D eigenvalue weighted by atomic mass is 16.5. The Balaban J connectivity index is 1.70. The van der Waals surface area contributed by atoms with Gasteiger partial charge in [-0.15, -0.1) is 0 Å². The van der Waals surface area contributed by atoms with Crippen LogP contribution in [0.2, 0.25) is 0 Å². The van der Waals surface area contributed by atoms with Gasteiger partial charge in [-0.25, -0.2) is 0 Å². The number of carbonyl (C=O) groups is 1. The standard InChI is InChI=1S/C17H26N2O2/c1-21-14-16-8-4-3-7-15(16)13-18-10-9-17(20)19-11-5-2-6-12-19/h3-4,7-8,18H,2,5-6,9-14H2,1H3. The summed E-state index contributed by atoms with van der Waals surface area (Å²) in [5.74, 6) is 0.285. The summed E-state index contributed by atoms with van der Waals surface area (Å²) in [6.07, 6.45) is 4.16. The normalized spacial score (nSPS) is 15.2. The van der Waals surface area contributed by atoms with Crippen LogP contribution in [0.15, 0.2) is 24.3 Å². The van der Waals surface area contributed by atoms with Crippen LogP contribution in [-0.4, -0.2) is 37.6 Å². The molecule has 1 heterocycles. The first-order chi connectivity index (χ1) is 10.3. The minimum absolute atomic E-state index is 0.285. The third kappa shape index (κ3) is 5.14. The predicted octanol–water partition coefficient (Wildman–Crippen LogP) is 2.33. The molecule has 1 aromatic rings. The summed E-state index contributed by atoms with van der Waals surface area (Å²) in [5.41, 5.74) is 2.44. The van der Waals surface area contributed by atoms with Gasteiger partial charge < -0.3 is 15.0 Å². The lowest BCUT2D eigenvalue weighted by atomic mass is 10.1. The van der Waals surface area contributed by atoms with Gasteiger partial charge >= 0.3 is 0 Å². The Morgan fingerprint density at radius 2 is 1.90 bits per heavy atom. The zero-order valence-corrected chi connectivity index (χ0v) is 12.9. The van der Waals surface area contributed by atoms with E-state index in [4.69, 9.17) is 4.74 Å². The van der Waals surface area contributed by atoms with Crippen molar-refractivity contribution >= 4 is 5.91 Å². The van der Waals surface area contributed by atoms with Crippen molar-refractivity contribution in [2.75, 3.05) is 26.7 Å². The SMILES string of the molecule is COCc1ccccc1CNCCC(=O)N1CCCCC1. The molecule has 0 radical (unpaired) electrons. The second-order valence-electron chi connectivity index (χ2n) is 5.57. The molecule has 0 aromatic heterocycles. The van der Waals surface area contributed by atoms with Crippen molar-refractivity contribution in [2.24, 2.45) is 0 Å². The first-order valence-electron chi connectivity index (χ1n) is 7.85. The number of hydrogen-bond donors (Lipinski definition) is 1. The van der Waals surface area contributed by atoms with Gasteiger partial charge in [0.15, 0.2) is 0 Å². The minimum atomic E-state index is 0.285. The van der Waals surface area contributed by atoms with Crippen LogP contribution in [0.25, 0.3) is 0 Å². The molecular formula is C17H26N2O2. The lowest BCUT2D eigenvalue weighted by Gasteiger charge is -2.26. The van der Waals surface area contributed by atoms with Crippen LogP contribution in [-0.2, 0) is 22.7 Å². The van der Waals surface area contributed by atoms with Crippen LogP contribution in [0, 0.1) is 0 Å². The van der Waals surface area contributed by atoms with E-state index in [1.54, 1.807) is 7.11 Å². The summed E-state index contributed by atoms with van der Waals surface area (Å²) in [6.45, 7) is 4.03. The van der Waals surface area contributed by atoms with Crippen molar-refractivity contribution in [1.82, 2.24) is 10.2 Å². The summed E-state index contributed by atoms with van der Waals surface area (Å²) >= 11 is 0. The Kier molecular flexibility index (Phi) is 6.70. The van der Waals surface area contributed by atoms with Gasteiger partial charge in [0.2, 0.25) is 5.91 Å². The van der Waals surface area contributed by atoms with E-state index in [0.29, 0.717) is 13.0 Å². The Bertz CT molecular complexity index is 442. The summed E-state index contributed by atoms with van der Waals surface area (Å²) in [6, 6.07) is 8.25. The topological polar surface area (TPSA) is 41.6 Å². The second-order valence-corrected chi connectivity index (χ2v) is 5.57. The van der Waals surface area contributed by atoms with Crippen LogP contribution in [0.1, 0.15) is 36.8 Å². The number of benzene rings is 1. The van der Waals surface area contributed by atoms with Gasteiger partial charge in [-0.2, -0.15) is 0 Å². The Labute approximate surface area is 127 Å². The summed E-state index contributed by atoms with van der Waals surface area (Å²) in [7, 11) is 1.71. The first-order valence-corrected chi connectivity index (χ1v) is 7.85. The van der Waals surface area contributed by atoms with E-state index in [-0.39, 0.29) is 5.91 Å². The molecule has 2 rings (SSSR count). The largest absolute Gasteiger partial charge is 0.380 e. The molecule has 1 fully saturated rings. The molecule has 1 aromatic carbocycles. The van der Waals surface area contributed by atoms with E-state index in [1.807, 2.05) is 17.0 Å². The van der Waals surface area contributed by atoms with Crippen molar-refractivity contribution in [2.45, 2.75) is 38.8 Å². The molecule has 1 aliphatic heterocycles. The Hall–Kier alpha value is -1.39. The smallest absolute Gasteiger partial charge is 0.223 e. The zero-order chi connectivity index (χ0) is 14.9. The Morgan fingerprint density at radius 3 is 2.62 bits per heavy atom. The molecule has 21 heavy (non-hydrogen) atoms. The van der Waals surface area contributed by atoms with Crippen molar-refractivity contribution in [3.8, 4) is 0 Å². The van der Waals surface area contributed by atoms with Crippen molar-refractivity contribution < 1.29 is 9.53 Å². The number of likely N-dealkylation sites (tertiary alicyclic amines) is 1. The quantitative estimate of drug-likeness (QED) is 0.784. The lowest BCUT2D eigenvalue weighted by Crippen LogP contribution is -2.37. The summed E-state index contributed by atoms with van der Waals surface area (Å²) in [4.78, 5) is 14.0. The van der Waals surface area contributed by atoms with Crippen LogP contribution in [0.4, 0.5) is 0 Å². The number of methoxy groups -OCH3 is 1. The fourth-order valence-corrected chi connectivity index (χ4v) is 2.75. The molecular weight excluding hydrogens is 264 g/mol. The molecule has 0 spiro atoms. The molecule has 1 amide bonds. The van der Waals surface area contributed by atoms with E-state index >= 15 is 0 Å². The third-order valence-electron chi connectivity index (χ3n) is 3.96. The van der Waals surface area contributed by atoms with Crippen molar-refractivity contribution in [3.63, 3.8) is 0 Å². The molecule has 1 saturated heterocycles. The highest BCUT2D eigenvalue weighted by molar-refractivity contribution is 5.76. The van der Waals surface area contributed by atoms with E-state index in [1.165, 1.54) is 17.5 Å². The average molecular weight is 290 g/mol. The number of carbonyl (C=O) groups excluding carboxylic acids is 1. The van der Waals surface area contributed by atoms with E-state index in [9.17, 15) is 4.79 Å². The molecule has 1 N–H and O–H groups in total. The van der Waals surface area contributed by atoms with Crippen LogP contribution >= 0.6 is 0 Å². The van der Waals surface area contributed by atoms with Crippen molar-refractivity contribution in [3.05, 3.63) is 35.4 Å². The van der Waals surface area contributed by atoms with Crippen LogP contribution < -0.4 is 5.32 Å². The van der Waals surface area contributed by atoms with Gasteiger partial charge in [-0.05, 0) is 30.4 Å².